The number of benzene rings is 1. The SMILES string of the molecule is C[C@@H](NCC1(Sc2ccccc2)CC1)c1cnn(C)c1. The summed E-state index contributed by atoms with van der Waals surface area (Å²) in [5, 5.41) is 7.90. The second-order valence-corrected chi connectivity index (χ2v) is 7.19. The molecule has 0 bridgehead atoms. The van der Waals surface area contributed by atoms with Gasteiger partial charge in [0.05, 0.1) is 6.20 Å². The first-order valence-corrected chi connectivity index (χ1v) is 7.95. The molecule has 1 aliphatic carbocycles. The van der Waals surface area contributed by atoms with Crippen molar-refractivity contribution < 1.29 is 0 Å². The van der Waals surface area contributed by atoms with E-state index in [1.807, 2.05) is 29.7 Å². The van der Waals surface area contributed by atoms with Gasteiger partial charge in [0.25, 0.3) is 0 Å². The van der Waals surface area contributed by atoms with Gasteiger partial charge in [-0.15, -0.1) is 11.8 Å². The predicted octanol–water partition coefficient (Wildman–Crippen LogP) is 3.40. The summed E-state index contributed by atoms with van der Waals surface area (Å²) in [5.41, 5.74) is 1.26. The highest BCUT2D eigenvalue weighted by Crippen LogP contribution is 2.51. The van der Waals surface area contributed by atoms with Crippen LogP contribution in [0.4, 0.5) is 0 Å². The molecule has 0 unspecified atom stereocenters. The third kappa shape index (κ3) is 3.25. The van der Waals surface area contributed by atoms with E-state index in [1.165, 1.54) is 23.3 Å². The van der Waals surface area contributed by atoms with E-state index in [0.717, 1.165) is 6.54 Å². The summed E-state index contributed by atoms with van der Waals surface area (Å²) in [6, 6.07) is 11.1. The first-order chi connectivity index (χ1) is 9.67. The monoisotopic (exact) mass is 287 g/mol. The molecule has 0 radical (unpaired) electrons. The summed E-state index contributed by atoms with van der Waals surface area (Å²) in [4.78, 5) is 1.38. The van der Waals surface area contributed by atoms with E-state index in [0.29, 0.717) is 10.8 Å². The molecule has 3 nitrogen and oxygen atoms in total. The summed E-state index contributed by atoms with van der Waals surface area (Å²) in [6.45, 7) is 3.27. The Labute approximate surface area is 124 Å². The highest BCUT2D eigenvalue weighted by atomic mass is 32.2. The highest BCUT2D eigenvalue weighted by molar-refractivity contribution is 8.01. The number of thioether (sulfide) groups is 1. The quantitative estimate of drug-likeness (QED) is 0.883. The molecular formula is C16H21N3S. The minimum absolute atomic E-state index is 0.359. The van der Waals surface area contributed by atoms with E-state index >= 15 is 0 Å². The van der Waals surface area contributed by atoms with Crippen LogP contribution in [0.3, 0.4) is 0 Å². The third-order valence-electron chi connectivity index (χ3n) is 3.84. The zero-order chi connectivity index (χ0) is 14.0. The van der Waals surface area contributed by atoms with E-state index in [9.17, 15) is 0 Å². The van der Waals surface area contributed by atoms with Crippen molar-refractivity contribution in [2.45, 2.75) is 35.4 Å². The molecule has 0 spiro atoms. The number of hydrogen-bond acceptors (Lipinski definition) is 3. The van der Waals surface area contributed by atoms with Crippen LogP contribution in [-0.4, -0.2) is 21.1 Å². The number of aryl methyl sites for hydroxylation is 1. The Morgan fingerprint density at radius 3 is 2.70 bits per heavy atom. The summed E-state index contributed by atoms with van der Waals surface area (Å²) in [6.07, 6.45) is 6.64. The molecule has 1 N–H and O–H groups in total. The minimum atomic E-state index is 0.359. The maximum Gasteiger partial charge on any atom is 0.0537 e. The topological polar surface area (TPSA) is 29.9 Å². The van der Waals surface area contributed by atoms with Crippen LogP contribution in [-0.2, 0) is 7.05 Å². The van der Waals surface area contributed by atoms with Gasteiger partial charge in [0.1, 0.15) is 0 Å². The van der Waals surface area contributed by atoms with Crippen molar-refractivity contribution in [1.29, 1.82) is 0 Å². The van der Waals surface area contributed by atoms with Crippen molar-refractivity contribution in [1.82, 2.24) is 15.1 Å². The van der Waals surface area contributed by atoms with Gasteiger partial charge in [0.15, 0.2) is 0 Å². The predicted molar refractivity (Wildman–Crippen MR) is 83.9 cm³/mol. The number of nitrogens with zero attached hydrogens (tertiary/aromatic N) is 2. The Hall–Kier alpha value is -1.26. The van der Waals surface area contributed by atoms with E-state index in [4.69, 9.17) is 0 Å². The van der Waals surface area contributed by atoms with E-state index in [2.05, 4.69) is 53.9 Å². The fourth-order valence-corrected chi connectivity index (χ4v) is 3.57. The summed E-state index contributed by atoms with van der Waals surface area (Å²) in [5.74, 6) is 0. The molecule has 20 heavy (non-hydrogen) atoms. The Morgan fingerprint density at radius 2 is 2.10 bits per heavy atom. The zero-order valence-electron chi connectivity index (χ0n) is 12.0. The van der Waals surface area contributed by atoms with Gasteiger partial charge in [-0.1, -0.05) is 18.2 Å². The van der Waals surface area contributed by atoms with Gasteiger partial charge < -0.3 is 5.32 Å². The van der Waals surface area contributed by atoms with Gasteiger partial charge in [-0.2, -0.15) is 5.10 Å². The average molecular weight is 287 g/mol. The second kappa shape index (κ2) is 5.62. The fraction of sp³-hybridized carbons (Fsp3) is 0.438. The van der Waals surface area contributed by atoms with Crippen molar-refractivity contribution in [2.75, 3.05) is 6.54 Å². The van der Waals surface area contributed by atoms with E-state index in [1.54, 1.807) is 0 Å². The summed E-state index contributed by atoms with van der Waals surface area (Å²) in [7, 11) is 1.96. The smallest absolute Gasteiger partial charge is 0.0537 e. The number of hydrogen-bond donors (Lipinski definition) is 1. The van der Waals surface area contributed by atoms with Gasteiger partial charge in [-0.25, -0.2) is 0 Å². The van der Waals surface area contributed by atoms with Crippen molar-refractivity contribution in [2.24, 2.45) is 7.05 Å². The van der Waals surface area contributed by atoms with Crippen molar-refractivity contribution in [3.8, 4) is 0 Å². The molecule has 0 amide bonds. The van der Waals surface area contributed by atoms with Gasteiger partial charge in [0.2, 0.25) is 0 Å². The molecule has 3 rings (SSSR count). The van der Waals surface area contributed by atoms with Gasteiger partial charge in [0, 0.05) is 41.0 Å². The Morgan fingerprint density at radius 1 is 1.35 bits per heavy atom. The lowest BCUT2D eigenvalue weighted by atomic mass is 10.2. The normalized spacial score (nSPS) is 17.9. The molecule has 1 saturated carbocycles. The largest absolute Gasteiger partial charge is 0.309 e. The van der Waals surface area contributed by atoms with Gasteiger partial charge in [-0.05, 0) is 31.9 Å². The number of nitrogens with one attached hydrogen (secondary N) is 1. The first kappa shape index (κ1) is 13.7. The van der Waals surface area contributed by atoms with E-state index in [-0.39, 0.29) is 0 Å². The average Bonchev–Trinajstić information content (AvgIpc) is 3.08. The summed E-state index contributed by atoms with van der Waals surface area (Å²) >= 11 is 2.02. The Bertz CT molecular complexity index is 560. The maximum absolute atomic E-state index is 4.24. The lowest BCUT2D eigenvalue weighted by Gasteiger charge is -2.19. The van der Waals surface area contributed by atoms with Gasteiger partial charge in [-0.3, -0.25) is 4.68 Å². The molecular weight excluding hydrogens is 266 g/mol. The lowest BCUT2D eigenvalue weighted by molar-refractivity contribution is 0.562. The van der Waals surface area contributed by atoms with Crippen LogP contribution >= 0.6 is 11.8 Å². The number of aromatic nitrogens is 2. The maximum atomic E-state index is 4.24. The molecule has 4 heteroatoms. The van der Waals surface area contributed by atoms with Crippen molar-refractivity contribution in [3.05, 3.63) is 48.3 Å². The Balaban J connectivity index is 1.55. The Kier molecular flexibility index (Phi) is 3.85. The molecule has 106 valence electrons. The molecule has 1 fully saturated rings. The second-order valence-electron chi connectivity index (χ2n) is 5.65. The van der Waals surface area contributed by atoms with Gasteiger partial charge >= 0.3 is 0 Å². The van der Waals surface area contributed by atoms with Crippen LogP contribution < -0.4 is 5.32 Å². The lowest BCUT2D eigenvalue weighted by Crippen LogP contribution is -2.28. The third-order valence-corrected chi connectivity index (χ3v) is 5.33. The van der Waals surface area contributed by atoms with Crippen LogP contribution in [0, 0.1) is 0 Å². The molecule has 0 aliphatic heterocycles. The van der Waals surface area contributed by atoms with Crippen LogP contribution in [0.2, 0.25) is 0 Å². The molecule has 1 heterocycles. The van der Waals surface area contributed by atoms with E-state index < -0.39 is 0 Å². The van der Waals surface area contributed by atoms with Crippen LogP contribution in [0.15, 0.2) is 47.6 Å². The van der Waals surface area contributed by atoms with Crippen LogP contribution in [0.1, 0.15) is 31.4 Å². The molecule has 0 saturated heterocycles. The standard InChI is InChI=1S/C16H21N3S/c1-13(14-10-18-19(2)11-14)17-12-16(8-9-16)20-15-6-4-3-5-7-15/h3-7,10-11,13,17H,8-9,12H2,1-2H3/t13-/m1/s1. The van der Waals surface area contributed by atoms with Crippen molar-refractivity contribution >= 4 is 11.8 Å². The zero-order valence-corrected chi connectivity index (χ0v) is 12.9. The first-order valence-electron chi connectivity index (χ1n) is 7.13. The summed E-state index contributed by atoms with van der Waals surface area (Å²) < 4.78 is 2.26. The van der Waals surface area contributed by atoms with Crippen LogP contribution in [0.25, 0.3) is 0 Å². The number of rotatable bonds is 6. The molecule has 1 aromatic heterocycles. The fourth-order valence-electron chi connectivity index (χ4n) is 2.31. The minimum Gasteiger partial charge on any atom is -0.309 e. The van der Waals surface area contributed by atoms with Crippen LogP contribution in [0.5, 0.6) is 0 Å². The molecule has 1 atom stereocenters. The van der Waals surface area contributed by atoms with Crippen molar-refractivity contribution in [3.63, 3.8) is 0 Å². The molecule has 2 aromatic rings. The molecule has 1 aromatic carbocycles. The highest BCUT2D eigenvalue weighted by Gasteiger charge is 2.43. The molecule has 1 aliphatic rings.